The molecule has 4 aromatic rings. The number of alkyl halides is 6. The number of nitrogens with zero attached hydrogens (tertiary/aromatic N) is 5. The second-order valence-corrected chi connectivity index (χ2v) is 7.08. The lowest BCUT2D eigenvalue weighted by Crippen LogP contribution is -2.20. The first-order valence-corrected chi connectivity index (χ1v) is 9.77. The largest absolute Gasteiger partial charge is 0.454 e. The van der Waals surface area contributed by atoms with Crippen LogP contribution in [-0.4, -0.2) is 37.9 Å². The predicted molar refractivity (Wildman–Crippen MR) is 110 cm³/mol. The molecule has 2 aromatic carbocycles. The summed E-state index contributed by atoms with van der Waals surface area (Å²) in [6.45, 7) is -0.0496. The van der Waals surface area contributed by atoms with Crippen LogP contribution in [0, 0.1) is 6.92 Å². The van der Waals surface area contributed by atoms with Gasteiger partial charge in [0.1, 0.15) is 0 Å². The lowest BCUT2D eigenvalue weighted by Gasteiger charge is -2.12. The number of anilines is 2. The van der Waals surface area contributed by atoms with Gasteiger partial charge in [-0.25, -0.2) is 0 Å². The number of aromatic nitrogens is 5. The normalized spacial score (nSPS) is 12.0. The minimum atomic E-state index is -4.66. The Morgan fingerprint density at radius 3 is 2.23 bits per heavy atom. The third kappa shape index (κ3) is 6.22. The van der Waals surface area contributed by atoms with E-state index in [0.29, 0.717) is 17.0 Å². The van der Waals surface area contributed by atoms with E-state index in [9.17, 15) is 26.3 Å². The van der Waals surface area contributed by atoms with Gasteiger partial charge in [0.05, 0.1) is 5.56 Å². The first-order valence-electron chi connectivity index (χ1n) is 9.77. The second-order valence-electron chi connectivity index (χ2n) is 7.08. The zero-order valence-electron chi connectivity index (χ0n) is 17.6. The maximum absolute atomic E-state index is 13.0. The maximum Gasteiger partial charge on any atom is 0.422 e. The molecule has 0 spiro atoms. The topological polar surface area (TPSA) is 98.9 Å². The van der Waals surface area contributed by atoms with Crippen LogP contribution in [-0.2, 0) is 6.18 Å². The van der Waals surface area contributed by atoms with Gasteiger partial charge in [-0.05, 0) is 30.3 Å². The average Bonchev–Trinajstić information content (AvgIpc) is 3.23. The zero-order valence-corrected chi connectivity index (χ0v) is 17.6. The van der Waals surface area contributed by atoms with E-state index in [1.807, 2.05) is 0 Å². The van der Waals surface area contributed by atoms with Crippen molar-refractivity contribution < 1.29 is 35.5 Å². The molecule has 14 heteroatoms. The van der Waals surface area contributed by atoms with Gasteiger partial charge in [-0.15, -0.1) is 10.2 Å². The van der Waals surface area contributed by atoms with Gasteiger partial charge < -0.3 is 14.5 Å². The van der Waals surface area contributed by atoms with Crippen LogP contribution < -0.4 is 10.1 Å². The molecule has 0 aliphatic carbocycles. The molecule has 0 radical (unpaired) electrons. The van der Waals surface area contributed by atoms with E-state index in [1.54, 1.807) is 31.2 Å². The molecule has 4 rings (SSSR count). The molecule has 8 nitrogen and oxygen atoms in total. The molecule has 1 N–H and O–H groups in total. The van der Waals surface area contributed by atoms with Crippen LogP contribution in [0.1, 0.15) is 11.5 Å². The van der Waals surface area contributed by atoms with Gasteiger partial charge in [-0.1, -0.05) is 18.2 Å². The van der Waals surface area contributed by atoms with Gasteiger partial charge in [0, 0.05) is 23.7 Å². The fourth-order valence-electron chi connectivity index (χ4n) is 2.83. The van der Waals surface area contributed by atoms with E-state index in [4.69, 9.17) is 4.42 Å². The molecule has 2 heterocycles. The first kappa shape index (κ1) is 23.9. The van der Waals surface area contributed by atoms with E-state index in [-0.39, 0.29) is 23.4 Å². The van der Waals surface area contributed by atoms with Crippen molar-refractivity contribution in [1.82, 2.24) is 25.1 Å². The molecule has 0 saturated carbocycles. The van der Waals surface area contributed by atoms with Crippen molar-refractivity contribution in [2.45, 2.75) is 19.3 Å². The molecule has 0 aliphatic rings. The van der Waals surface area contributed by atoms with Crippen molar-refractivity contribution in [2.24, 2.45) is 0 Å². The fraction of sp³-hybridized carbons (Fsp3) is 0.190. The summed E-state index contributed by atoms with van der Waals surface area (Å²) in [4.78, 5) is 11.8. The molecule has 0 atom stereocenters. The highest BCUT2D eigenvalue weighted by molar-refractivity contribution is 5.64. The standard InChI is InChI=1S/C21H14F6N6O2/c1-11-32-33-17(35-11)13-7-5-12(6-8-13)16-29-18(31-19(30-16)34-10-20(22,23)24)28-15-4-2-3-14(9-15)21(25,26)27/h2-9H,10H2,1H3,(H,28,29,30,31). The number of rotatable bonds is 6. The molecule has 0 aliphatic heterocycles. The van der Waals surface area contributed by atoms with Crippen LogP contribution in [0.15, 0.2) is 52.9 Å². The molecule has 2 aromatic heterocycles. The molecule has 0 saturated heterocycles. The van der Waals surface area contributed by atoms with Gasteiger partial charge >= 0.3 is 18.4 Å². The van der Waals surface area contributed by atoms with E-state index in [1.165, 1.54) is 6.07 Å². The number of hydrogen-bond acceptors (Lipinski definition) is 8. The average molecular weight is 496 g/mol. The number of hydrogen-bond donors (Lipinski definition) is 1. The van der Waals surface area contributed by atoms with Gasteiger partial charge in [-0.3, -0.25) is 0 Å². The third-order valence-corrected chi connectivity index (χ3v) is 4.34. The number of benzene rings is 2. The highest BCUT2D eigenvalue weighted by Gasteiger charge is 2.31. The SMILES string of the molecule is Cc1nnc(-c2ccc(-c3nc(Nc4cccc(C(F)(F)F)c4)nc(OCC(F)(F)F)n3)cc2)o1. The Hall–Kier alpha value is -4.23. The highest BCUT2D eigenvalue weighted by atomic mass is 19.4. The van der Waals surface area contributed by atoms with E-state index in [2.05, 4.69) is 35.2 Å². The van der Waals surface area contributed by atoms with Crippen LogP contribution in [0.4, 0.5) is 38.0 Å². The highest BCUT2D eigenvalue weighted by Crippen LogP contribution is 2.31. The molecular weight excluding hydrogens is 482 g/mol. The van der Waals surface area contributed by atoms with Crippen LogP contribution in [0.5, 0.6) is 6.01 Å². The Labute approximate surface area is 193 Å². The van der Waals surface area contributed by atoms with Crippen molar-refractivity contribution in [2.75, 3.05) is 11.9 Å². The quantitative estimate of drug-likeness (QED) is 0.345. The summed E-state index contributed by atoms with van der Waals surface area (Å²) in [7, 11) is 0. The molecular formula is C21H14F6N6O2. The Kier molecular flexibility index (Phi) is 6.28. The third-order valence-electron chi connectivity index (χ3n) is 4.34. The Balaban J connectivity index is 1.67. The summed E-state index contributed by atoms with van der Waals surface area (Å²) in [6, 6.07) is 9.78. The van der Waals surface area contributed by atoms with E-state index < -0.39 is 30.5 Å². The molecule has 35 heavy (non-hydrogen) atoms. The maximum atomic E-state index is 13.0. The monoisotopic (exact) mass is 496 g/mol. The zero-order chi connectivity index (χ0) is 25.2. The summed E-state index contributed by atoms with van der Waals surface area (Å²) in [6.07, 6.45) is -9.26. The minimum Gasteiger partial charge on any atom is -0.454 e. The Morgan fingerprint density at radius 1 is 0.886 bits per heavy atom. The summed E-state index contributed by atoms with van der Waals surface area (Å²) in [5, 5.41) is 10.2. The van der Waals surface area contributed by atoms with E-state index >= 15 is 0 Å². The van der Waals surface area contributed by atoms with Crippen LogP contribution in [0.2, 0.25) is 0 Å². The van der Waals surface area contributed by atoms with Crippen LogP contribution in [0.25, 0.3) is 22.8 Å². The molecule has 0 fully saturated rings. The predicted octanol–water partition coefficient (Wildman–Crippen LogP) is 5.60. The Bertz CT molecular complexity index is 1320. The summed E-state index contributed by atoms with van der Waals surface area (Å²) in [5.41, 5.74) is -0.0476. The van der Waals surface area contributed by atoms with Crippen LogP contribution >= 0.6 is 0 Å². The smallest absolute Gasteiger partial charge is 0.422 e. The fourth-order valence-corrected chi connectivity index (χ4v) is 2.83. The van der Waals surface area contributed by atoms with Gasteiger partial charge in [0.15, 0.2) is 12.4 Å². The van der Waals surface area contributed by atoms with Crippen molar-refractivity contribution in [3.63, 3.8) is 0 Å². The lowest BCUT2D eigenvalue weighted by atomic mass is 10.1. The minimum absolute atomic E-state index is 0.0409. The van der Waals surface area contributed by atoms with Crippen molar-refractivity contribution >= 4 is 11.6 Å². The first-order chi connectivity index (χ1) is 16.5. The summed E-state index contributed by atoms with van der Waals surface area (Å²) in [5.74, 6) is 0.215. The Morgan fingerprint density at radius 2 is 1.60 bits per heavy atom. The molecule has 182 valence electrons. The van der Waals surface area contributed by atoms with Crippen LogP contribution in [0.3, 0.4) is 0 Å². The molecule has 0 bridgehead atoms. The van der Waals surface area contributed by atoms with Gasteiger partial charge in [-0.2, -0.15) is 41.3 Å². The van der Waals surface area contributed by atoms with Crippen molar-refractivity contribution in [3.05, 3.63) is 60.0 Å². The van der Waals surface area contributed by atoms with Gasteiger partial charge in [0.2, 0.25) is 17.7 Å². The molecule has 0 amide bonds. The summed E-state index contributed by atoms with van der Waals surface area (Å²) < 4.78 is 86.9. The molecule has 0 unspecified atom stereocenters. The summed E-state index contributed by atoms with van der Waals surface area (Å²) >= 11 is 0. The number of halogens is 6. The second kappa shape index (κ2) is 9.19. The van der Waals surface area contributed by atoms with E-state index in [0.717, 1.165) is 18.2 Å². The number of aryl methyl sites for hydroxylation is 1. The lowest BCUT2D eigenvalue weighted by molar-refractivity contribution is -0.154. The number of ether oxygens (including phenoxy) is 1. The van der Waals surface area contributed by atoms with Crippen molar-refractivity contribution in [1.29, 1.82) is 0 Å². The van der Waals surface area contributed by atoms with Crippen molar-refractivity contribution in [3.8, 4) is 28.9 Å². The van der Waals surface area contributed by atoms with Gasteiger partial charge in [0.25, 0.3) is 0 Å². The number of nitrogens with one attached hydrogen (secondary N) is 1.